The van der Waals surface area contributed by atoms with E-state index in [9.17, 15) is 0 Å². The van der Waals surface area contributed by atoms with Crippen molar-refractivity contribution in [1.29, 1.82) is 0 Å². The summed E-state index contributed by atoms with van der Waals surface area (Å²) in [5.41, 5.74) is 3.61. The molecular formula is C19H14S. The molecule has 0 saturated heterocycles. The van der Waals surface area contributed by atoms with Crippen LogP contribution in [-0.4, -0.2) is 0 Å². The van der Waals surface area contributed by atoms with Crippen LogP contribution in [0.15, 0.2) is 66.7 Å². The number of thiophene rings is 1. The second-order valence-corrected chi connectivity index (χ2v) is 5.73. The molecule has 0 atom stereocenters. The predicted molar refractivity (Wildman–Crippen MR) is 86.9 cm³/mol. The smallest absolute Gasteiger partial charge is 0.0778 e. The second kappa shape index (κ2) is 5.77. The van der Waals surface area contributed by atoms with Gasteiger partial charge in [0.05, 0.1) is 4.88 Å². The molecule has 0 aliphatic carbocycles. The van der Waals surface area contributed by atoms with Gasteiger partial charge in [-0.3, -0.25) is 0 Å². The van der Waals surface area contributed by atoms with E-state index in [1.807, 2.05) is 30.3 Å². The molecule has 0 radical (unpaired) electrons. The van der Waals surface area contributed by atoms with Crippen LogP contribution < -0.4 is 0 Å². The zero-order valence-corrected chi connectivity index (χ0v) is 12.1. The van der Waals surface area contributed by atoms with Crippen LogP contribution in [0.2, 0.25) is 0 Å². The molecule has 2 aromatic carbocycles. The summed E-state index contributed by atoms with van der Waals surface area (Å²) in [4.78, 5) is 2.37. The summed E-state index contributed by atoms with van der Waals surface area (Å²) in [6.45, 7) is 2.12. The van der Waals surface area contributed by atoms with Crippen molar-refractivity contribution in [2.24, 2.45) is 0 Å². The maximum atomic E-state index is 3.23. The molecule has 0 amide bonds. The molecule has 3 rings (SSSR count). The van der Waals surface area contributed by atoms with Gasteiger partial charge < -0.3 is 0 Å². The third kappa shape index (κ3) is 2.99. The molecule has 1 heterocycles. The van der Waals surface area contributed by atoms with Crippen LogP contribution >= 0.6 is 11.3 Å². The fraction of sp³-hybridized carbons (Fsp3) is 0.0526. The average Bonchev–Trinajstić information content (AvgIpc) is 2.95. The highest BCUT2D eigenvalue weighted by Crippen LogP contribution is 2.28. The van der Waals surface area contributed by atoms with Gasteiger partial charge in [0.15, 0.2) is 0 Å². The maximum absolute atomic E-state index is 3.23. The lowest BCUT2D eigenvalue weighted by Gasteiger charge is -1.97. The average molecular weight is 274 g/mol. The molecule has 0 aliphatic rings. The number of aryl methyl sites for hydroxylation is 1. The Bertz CT molecular complexity index is 770. The van der Waals surface area contributed by atoms with E-state index >= 15 is 0 Å². The van der Waals surface area contributed by atoms with Gasteiger partial charge in [-0.1, -0.05) is 59.9 Å². The molecule has 0 N–H and O–H groups in total. The van der Waals surface area contributed by atoms with Crippen molar-refractivity contribution in [2.75, 3.05) is 0 Å². The minimum Gasteiger partial charge on any atom is -0.127 e. The Morgan fingerprint density at radius 3 is 2.45 bits per heavy atom. The summed E-state index contributed by atoms with van der Waals surface area (Å²) in [6.07, 6.45) is 0. The summed E-state index contributed by atoms with van der Waals surface area (Å²) in [5, 5.41) is 0. The van der Waals surface area contributed by atoms with E-state index < -0.39 is 0 Å². The fourth-order valence-electron chi connectivity index (χ4n) is 2.01. The monoisotopic (exact) mass is 274 g/mol. The summed E-state index contributed by atoms with van der Waals surface area (Å²) >= 11 is 1.74. The number of rotatable bonds is 1. The Morgan fingerprint density at radius 2 is 1.65 bits per heavy atom. The first-order chi connectivity index (χ1) is 9.81. The summed E-state index contributed by atoms with van der Waals surface area (Å²) < 4.78 is 0. The van der Waals surface area contributed by atoms with Crippen LogP contribution in [0.5, 0.6) is 0 Å². The Morgan fingerprint density at radius 1 is 0.800 bits per heavy atom. The first-order valence-corrected chi connectivity index (χ1v) is 7.37. The lowest BCUT2D eigenvalue weighted by Crippen LogP contribution is -1.73. The first-order valence-electron chi connectivity index (χ1n) is 6.55. The van der Waals surface area contributed by atoms with Gasteiger partial charge in [-0.25, -0.2) is 0 Å². The predicted octanol–water partition coefficient (Wildman–Crippen LogP) is 5.12. The van der Waals surface area contributed by atoms with Crippen LogP contribution in [-0.2, 0) is 0 Å². The van der Waals surface area contributed by atoms with Crippen LogP contribution in [0.1, 0.15) is 16.0 Å². The van der Waals surface area contributed by atoms with Gasteiger partial charge in [0, 0.05) is 10.4 Å². The van der Waals surface area contributed by atoms with Crippen molar-refractivity contribution in [2.45, 2.75) is 6.92 Å². The number of benzene rings is 2. The van der Waals surface area contributed by atoms with Gasteiger partial charge >= 0.3 is 0 Å². The molecule has 0 spiro atoms. The molecule has 96 valence electrons. The Balaban J connectivity index is 1.86. The van der Waals surface area contributed by atoms with Crippen LogP contribution in [0.3, 0.4) is 0 Å². The Hall–Kier alpha value is -2.30. The SMILES string of the molecule is Cc1cccc(-c2ccc(C#Cc3ccccc3)s2)c1. The van der Waals surface area contributed by atoms with Gasteiger partial charge in [0.2, 0.25) is 0 Å². The molecule has 3 aromatic rings. The third-order valence-electron chi connectivity index (χ3n) is 3.01. The van der Waals surface area contributed by atoms with Crippen LogP contribution in [0.4, 0.5) is 0 Å². The van der Waals surface area contributed by atoms with E-state index in [0.29, 0.717) is 0 Å². The fourth-order valence-corrected chi connectivity index (χ4v) is 2.87. The van der Waals surface area contributed by atoms with Crippen molar-refractivity contribution in [3.63, 3.8) is 0 Å². The van der Waals surface area contributed by atoms with Crippen molar-refractivity contribution >= 4 is 11.3 Å². The minimum absolute atomic E-state index is 1.05. The molecule has 0 bridgehead atoms. The maximum Gasteiger partial charge on any atom is 0.0778 e. The lowest BCUT2D eigenvalue weighted by atomic mass is 10.1. The zero-order chi connectivity index (χ0) is 13.8. The highest BCUT2D eigenvalue weighted by Gasteiger charge is 2.01. The topological polar surface area (TPSA) is 0 Å². The lowest BCUT2D eigenvalue weighted by molar-refractivity contribution is 1.48. The highest BCUT2D eigenvalue weighted by atomic mass is 32.1. The van der Waals surface area contributed by atoms with E-state index in [-0.39, 0.29) is 0 Å². The number of hydrogen-bond donors (Lipinski definition) is 0. The standard InChI is InChI=1S/C19H14S/c1-15-6-5-9-17(14-15)19-13-12-18(20-19)11-10-16-7-3-2-4-8-16/h2-9,12-14H,1H3. The van der Waals surface area contributed by atoms with Gasteiger partial charge in [-0.2, -0.15) is 0 Å². The number of hydrogen-bond acceptors (Lipinski definition) is 1. The summed E-state index contributed by atoms with van der Waals surface area (Å²) in [5.74, 6) is 6.43. The Labute approximate surface area is 123 Å². The van der Waals surface area contributed by atoms with E-state index in [1.165, 1.54) is 16.0 Å². The molecule has 0 aliphatic heterocycles. The first kappa shape index (κ1) is 12.7. The summed E-state index contributed by atoms with van der Waals surface area (Å²) in [6, 6.07) is 22.9. The highest BCUT2D eigenvalue weighted by molar-refractivity contribution is 7.16. The van der Waals surface area contributed by atoms with E-state index in [0.717, 1.165) is 10.4 Å². The van der Waals surface area contributed by atoms with Crippen molar-refractivity contribution in [3.8, 4) is 22.3 Å². The van der Waals surface area contributed by atoms with Gasteiger partial charge in [-0.15, -0.1) is 11.3 Å². The van der Waals surface area contributed by atoms with Gasteiger partial charge in [0.1, 0.15) is 0 Å². The van der Waals surface area contributed by atoms with Crippen LogP contribution in [0.25, 0.3) is 10.4 Å². The van der Waals surface area contributed by atoms with Crippen molar-refractivity contribution in [3.05, 3.63) is 82.7 Å². The largest absolute Gasteiger partial charge is 0.127 e. The quantitative estimate of drug-likeness (QED) is 0.540. The molecule has 1 heteroatoms. The van der Waals surface area contributed by atoms with Gasteiger partial charge in [-0.05, 0) is 36.8 Å². The summed E-state index contributed by atoms with van der Waals surface area (Å²) in [7, 11) is 0. The van der Waals surface area contributed by atoms with E-state index in [1.54, 1.807) is 11.3 Å². The molecule has 0 unspecified atom stereocenters. The molecular weight excluding hydrogens is 260 g/mol. The third-order valence-corrected chi connectivity index (χ3v) is 4.06. The van der Waals surface area contributed by atoms with Crippen molar-refractivity contribution < 1.29 is 0 Å². The van der Waals surface area contributed by atoms with E-state index in [2.05, 4.69) is 55.2 Å². The molecule has 1 aromatic heterocycles. The molecule has 0 fully saturated rings. The van der Waals surface area contributed by atoms with Crippen molar-refractivity contribution in [1.82, 2.24) is 0 Å². The zero-order valence-electron chi connectivity index (χ0n) is 11.3. The Kier molecular flexibility index (Phi) is 3.67. The van der Waals surface area contributed by atoms with Crippen LogP contribution in [0, 0.1) is 18.8 Å². The molecule has 20 heavy (non-hydrogen) atoms. The minimum atomic E-state index is 1.05. The van der Waals surface area contributed by atoms with E-state index in [4.69, 9.17) is 0 Å². The normalized spacial score (nSPS) is 9.85. The second-order valence-electron chi connectivity index (χ2n) is 4.65. The molecule has 0 saturated carbocycles. The molecule has 0 nitrogen and oxygen atoms in total. The van der Waals surface area contributed by atoms with Gasteiger partial charge in [0.25, 0.3) is 0 Å².